The van der Waals surface area contributed by atoms with Crippen LogP contribution in [0, 0.1) is 0 Å². The van der Waals surface area contributed by atoms with Crippen LogP contribution in [0.2, 0.25) is 5.02 Å². The summed E-state index contributed by atoms with van der Waals surface area (Å²) >= 11 is 6.18. The molecule has 0 atom stereocenters. The SMILES string of the molecule is O=S(=O)(NC1CCCCCC1)c1ccc(Cl)c2ccccc12. The Balaban J connectivity index is 1.97. The van der Waals surface area contributed by atoms with Crippen LogP contribution in [-0.4, -0.2) is 14.5 Å². The van der Waals surface area contributed by atoms with Crippen LogP contribution in [0.1, 0.15) is 38.5 Å². The number of sulfonamides is 1. The fourth-order valence-corrected chi connectivity index (χ4v) is 4.89. The predicted molar refractivity (Wildman–Crippen MR) is 90.8 cm³/mol. The van der Waals surface area contributed by atoms with Crippen LogP contribution in [-0.2, 0) is 10.0 Å². The Morgan fingerprint density at radius 3 is 2.23 bits per heavy atom. The Morgan fingerprint density at radius 1 is 0.909 bits per heavy atom. The van der Waals surface area contributed by atoms with Crippen molar-refractivity contribution >= 4 is 32.4 Å². The molecule has 0 unspecified atom stereocenters. The second kappa shape index (κ2) is 6.57. The van der Waals surface area contributed by atoms with Crippen molar-refractivity contribution in [2.24, 2.45) is 0 Å². The second-order valence-corrected chi connectivity index (χ2v) is 7.99. The standard InChI is InChI=1S/C17H20ClNO2S/c18-16-11-12-17(15-10-6-5-9-14(15)16)22(20,21)19-13-7-3-1-2-4-8-13/h5-6,9-13,19H,1-4,7-8H2. The van der Waals surface area contributed by atoms with Gasteiger partial charge >= 0.3 is 0 Å². The van der Waals surface area contributed by atoms with Gasteiger partial charge in [-0.1, -0.05) is 61.5 Å². The zero-order valence-corrected chi connectivity index (χ0v) is 14.0. The van der Waals surface area contributed by atoms with E-state index in [1.54, 1.807) is 12.1 Å². The van der Waals surface area contributed by atoms with Gasteiger partial charge in [0.05, 0.1) is 4.90 Å². The lowest BCUT2D eigenvalue weighted by atomic mass is 10.1. The summed E-state index contributed by atoms with van der Waals surface area (Å²) in [7, 11) is -3.53. The maximum absolute atomic E-state index is 12.8. The summed E-state index contributed by atoms with van der Waals surface area (Å²) in [5.74, 6) is 0. The molecule has 1 aliphatic carbocycles. The maximum Gasteiger partial charge on any atom is 0.241 e. The molecule has 2 aromatic carbocycles. The van der Waals surface area contributed by atoms with Gasteiger partial charge in [0.2, 0.25) is 10.0 Å². The summed E-state index contributed by atoms with van der Waals surface area (Å²) in [5.41, 5.74) is 0. The number of benzene rings is 2. The highest BCUT2D eigenvalue weighted by atomic mass is 35.5. The van der Waals surface area contributed by atoms with Crippen molar-refractivity contribution in [3.05, 3.63) is 41.4 Å². The number of hydrogen-bond acceptors (Lipinski definition) is 2. The molecule has 118 valence electrons. The normalized spacial score (nSPS) is 17.5. The van der Waals surface area contributed by atoms with E-state index in [-0.39, 0.29) is 6.04 Å². The lowest BCUT2D eigenvalue weighted by molar-refractivity contribution is 0.510. The molecule has 3 rings (SSSR count). The summed E-state index contributed by atoms with van der Waals surface area (Å²) in [6, 6.07) is 10.7. The molecular formula is C17H20ClNO2S. The third-order valence-electron chi connectivity index (χ3n) is 4.30. The van der Waals surface area contributed by atoms with Crippen LogP contribution in [0.15, 0.2) is 41.3 Å². The van der Waals surface area contributed by atoms with Crippen LogP contribution in [0.4, 0.5) is 0 Å². The molecule has 0 saturated heterocycles. The molecule has 1 N–H and O–H groups in total. The van der Waals surface area contributed by atoms with Crippen molar-refractivity contribution in [1.82, 2.24) is 4.72 Å². The second-order valence-electron chi connectivity index (χ2n) is 5.90. The zero-order chi connectivity index (χ0) is 15.6. The molecule has 0 aromatic heterocycles. The highest BCUT2D eigenvalue weighted by Crippen LogP contribution is 2.29. The molecule has 5 heteroatoms. The molecule has 0 bridgehead atoms. The molecule has 22 heavy (non-hydrogen) atoms. The fourth-order valence-electron chi connectivity index (χ4n) is 3.15. The number of halogens is 1. The Labute approximate surface area is 136 Å². The van der Waals surface area contributed by atoms with Crippen molar-refractivity contribution in [2.45, 2.75) is 49.5 Å². The Hall–Kier alpha value is -1.10. The Morgan fingerprint density at radius 2 is 1.55 bits per heavy atom. The lowest BCUT2D eigenvalue weighted by Crippen LogP contribution is -2.34. The monoisotopic (exact) mass is 337 g/mol. The van der Waals surface area contributed by atoms with E-state index < -0.39 is 10.0 Å². The van der Waals surface area contributed by atoms with E-state index in [0.717, 1.165) is 31.1 Å². The van der Waals surface area contributed by atoms with Crippen molar-refractivity contribution in [2.75, 3.05) is 0 Å². The first kappa shape index (κ1) is 15.8. The van der Waals surface area contributed by atoms with Crippen molar-refractivity contribution in [1.29, 1.82) is 0 Å². The minimum atomic E-state index is -3.53. The summed E-state index contributed by atoms with van der Waals surface area (Å²) in [4.78, 5) is 0.316. The predicted octanol–water partition coefficient (Wildman–Crippen LogP) is 4.49. The summed E-state index contributed by atoms with van der Waals surface area (Å²) in [5, 5.41) is 2.02. The average Bonchev–Trinajstić information content (AvgIpc) is 2.76. The first-order valence-electron chi connectivity index (χ1n) is 7.77. The Kier molecular flexibility index (Phi) is 4.71. The third-order valence-corrected chi connectivity index (χ3v) is 6.21. The first-order valence-corrected chi connectivity index (χ1v) is 9.63. The van der Waals surface area contributed by atoms with Gasteiger partial charge in [0.25, 0.3) is 0 Å². The van der Waals surface area contributed by atoms with Gasteiger partial charge < -0.3 is 0 Å². The topological polar surface area (TPSA) is 46.2 Å². The van der Waals surface area contributed by atoms with Gasteiger partial charge in [-0.15, -0.1) is 0 Å². The van der Waals surface area contributed by atoms with Gasteiger partial charge in [0, 0.05) is 21.8 Å². The smallest absolute Gasteiger partial charge is 0.208 e. The zero-order valence-electron chi connectivity index (χ0n) is 12.4. The fraction of sp³-hybridized carbons (Fsp3) is 0.412. The van der Waals surface area contributed by atoms with Crippen LogP contribution in [0.5, 0.6) is 0 Å². The van der Waals surface area contributed by atoms with E-state index >= 15 is 0 Å². The van der Waals surface area contributed by atoms with E-state index in [9.17, 15) is 8.42 Å². The van der Waals surface area contributed by atoms with Crippen LogP contribution >= 0.6 is 11.6 Å². The molecule has 0 spiro atoms. The lowest BCUT2D eigenvalue weighted by Gasteiger charge is -2.17. The maximum atomic E-state index is 12.8. The summed E-state index contributed by atoms with van der Waals surface area (Å²) in [6.07, 6.45) is 6.42. The van der Waals surface area contributed by atoms with Gasteiger partial charge in [0.15, 0.2) is 0 Å². The van der Waals surface area contributed by atoms with Crippen molar-refractivity contribution in [3.8, 4) is 0 Å². The van der Waals surface area contributed by atoms with Crippen molar-refractivity contribution in [3.63, 3.8) is 0 Å². The van der Waals surface area contributed by atoms with E-state index in [4.69, 9.17) is 11.6 Å². The van der Waals surface area contributed by atoms with Crippen LogP contribution in [0.3, 0.4) is 0 Å². The number of rotatable bonds is 3. The first-order chi connectivity index (χ1) is 10.6. The Bertz CT molecular complexity index is 765. The van der Waals surface area contributed by atoms with Gasteiger partial charge in [-0.05, 0) is 25.0 Å². The van der Waals surface area contributed by atoms with Gasteiger partial charge in [-0.3, -0.25) is 0 Å². The van der Waals surface area contributed by atoms with Crippen molar-refractivity contribution < 1.29 is 8.42 Å². The number of hydrogen-bond donors (Lipinski definition) is 1. The third kappa shape index (κ3) is 3.29. The summed E-state index contributed by atoms with van der Waals surface area (Å²) < 4.78 is 28.5. The molecule has 1 aliphatic rings. The molecule has 0 aliphatic heterocycles. The minimum absolute atomic E-state index is 0.0435. The molecular weight excluding hydrogens is 318 g/mol. The van der Waals surface area contributed by atoms with E-state index in [0.29, 0.717) is 15.3 Å². The molecule has 0 heterocycles. The minimum Gasteiger partial charge on any atom is -0.208 e. The van der Waals surface area contributed by atoms with Gasteiger partial charge in [0.1, 0.15) is 0 Å². The molecule has 0 amide bonds. The molecule has 1 fully saturated rings. The average molecular weight is 338 g/mol. The highest BCUT2D eigenvalue weighted by Gasteiger charge is 2.23. The largest absolute Gasteiger partial charge is 0.241 e. The van der Waals surface area contributed by atoms with Crippen LogP contribution in [0.25, 0.3) is 10.8 Å². The number of nitrogens with one attached hydrogen (secondary N) is 1. The summed E-state index contributed by atoms with van der Waals surface area (Å²) in [6.45, 7) is 0. The van der Waals surface area contributed by atoms with E-state index in [1.165, 1.54) is 12.8 Å². The molecule has 3 nitrogen and oxygen atoms in total. The molecule has 0 radical (unpaired) electrons. The quantitative estimate of drug-likeness (QED) is 0.838. The van der Waals surface area contributed by atoms with E-state index in [1.807, 2.05) is 24.3 Å². The number of fused-ring (bicyclic) bond motifs is 1. The molecule has 2 aromatic rings. The van der Waals surface area contributed by atoms with E-state index in [2.05, 4.69) is 4.72 Å². The van der Waals surface area contributed by atoms with Gasteiger partial charge in [-0.2, -0.15) is 0 Å². The highest BCUT2D eigenvalue weighted by molar-refractivity contribution is 7.89. The molecule has 1 saturated carbocycles. The van der Waals surface area contributed by atoms with Gasteiger partial charge in [-0.25, -0.2) is 13.1 Å². The van der Waals surface area contributed by atoms with Crippen LogP contribution < -0.4 is 4.72 Å².